The van der Waals surface area contributed by atoms with Gasteiger partial charge in [-0.15, -0.1) is 0 Å². The first kappa shape index (κ1) is 24.3. The summed E-state index contributed by atoms with van der Waals surface area (Å²) in [5, 5.41) is 3.75. The maximum absolute atomic E-state index is 12.9. The number of hydrogen-bond acceptors (Lipinski definition) is 5. The lowest BCUT2D eigenvalue weighted by Gasteiger charge is -2.22. The number of para-hydroxylation sites is 2. The van der Waals surface area contributed by atoms with Crippen LogP contribution in [0, 0.1) is 6.92 Å². The number of nitrogens with one attached hydrogen (secondary N) is 1. The Morgan fingerprint density at radius 3 is 2.65 bits per heavy atom. The largest absolute Gasteiger partial charge is 0.491 e. The molecule has 4 rings (SSSR count). The van der Waals surface area contributed by atoms with Crippen molar-refractivity contribution in [2.24, 2.45) is 0 Å². The molecule has 3 aromatic rings. The minimum Gasteiger partial charge on any atom is -0.491 e. The Morgan fingerprint density at radius 1 is 1.03 bits per heavy atom. The van der Waals surface area contributed by atoms with Gasteiger partial charge in [-0.05, 0) is 62.1 Å². The quantitative estimate of drug-likeness (QED) is 0.252. The monoisotopic (exact) mass is 479 g/mol. The number of ketones is 1. The van der Waals surface area contributed by atoms with Gasteiger partial charge in [0.25, 0.3) is 0 Å². The fraction of sp³-hybridized carbons (Fsp3) is 0.321. The van der Waals surface area contributed by atoms with Crippen LogP contribution in [-0.4, -0.2) is 31.9 Å². The number of carbonyl (C=O) groups is 1. The van der Waals surface area contributed by atoms with E-state index in [4.69, 9.17) is 25.8 Å². The van der Waals surface area contributed by atoms with Crippen LogP contribution < -0.4 is 10.1 Å². The second-order valence-electron chi connectivity index (χ2n) is 8.33. The van der Waals surface area contributed by atoms with Gasteiger partial charge >= 0.3 is 0 Å². The van der Waals surface area contributed by atoms with Gasteiger partial charge in [-0.2, -0.15) is 0 Å². The molecule has 0 saturated carbocycles. The zero-order chi connectivity index (χ0) is 23.8. The van der Waals surface area contributed by atoms with Crippen LogP contribution in [0.5, 0.6) is 5.75 Å². The lowest BCUT2D eigenvalue weighted by Crippen LogP contribution is -2.23. The van der Waals surface area contributed by atoms with Crippen molar-refractivity contribution >= 4 is 28.8 Å². The van der Waals surface area contributed by atoms with Gasteiger partial charge in [0.2, 0.25) is 0 Å². The summed E-state index contributed by atoms with van der Waals surface area (Å²) in [6, 6.07) is 20.6. The molecule has 1 fully saturated rings. The standard InChI is InChI=1S/C28H30ClNO4/c1-20-9-2-3-10-22(20)28(31)23-15-14-21(19-24(23)29)30-25-11-4-5-12-26(25)32-17-8-18-34-27-13-6-7-16-33-27/h2-5,9-12,14-15,19,27,30H,6-8,13,16-18H2,1H3. The van der Waals surface area contributed by atoms with Crippen LogP contribution in [0.1, 0.15) is 47.2 Å². The van der Waals surface area contributed by atoms with Crippen LogP contribution in [-0.2, 0) is 9.47 Å². The zero-order valence-corrected chi connectivity index (χ0v) is 20.1. The Kier molecular flexibility index (Phi) is 8.58. The smallest absolute Gasteiger partial charge is 0.194 e. The van der Waals surface area contributed by atoms with Crippen molar-refractivity contribution in [3.05, 3.63) is 88.4 Å². The number of carbonyl (C=O) groups excluding carboxylic acids is 1. The Hall–Kier alpha value is -2.86. The first-order valence-electron chi connectivity index (χ1n) is 11.7. The normalized spacial score (nSPS) is 15.6. The Balaban J connectivity index is 1.35. The van der Waals surface area contributed by atoms with Crippen molar-refractivity contribution in [2.75, 3.05) is 25.1 Å². The van der Waals surface area contributed by atoms with Crippen LogP contribution in [0.3, 0.4) is 0 Å². The number of rotatable bonds is 10. The number of halogens is 1. The van der Waals surface area contributed by atoms with Gasteiger partial charge in [0.15, 0.2) is 12.1 Å². The van der Waals surface area contributed by atoms with Gasteiger partial charge in [-0.25, -0.2) is 0 Å². The third kappa shape index (κ3) is 6.38. The van der Waals surface area contributed by atoms with Crippen LogP contribution in [0.15, 0.2) is 66.7 Å². The fourth-order valence-electron chi connectivity index (χ4n) is 3.90. The maximum atomic E-state index is 12.9. The fourth-order valence-corrected chi connectivity index (χ4v) is 4.17. The average molecular weight is 480 g/mol. The number of benzene rings is 3. The van der Waals surface area contributed by atoms with Gasteiger partial charge in [-0.1, -0.05) is 48.0 Å². The van der Waals surface area contributed by atoms with Crippen LogP contribution >= 0.6 is 11.6 Å². The summed E-state index contributed by atoms with van der Waals surface area (Å²) < 4.78 is 17.3. The summed E-state index contributed by atoms with van der Waals surface area (Å²) >= 11 is 6.50. The van der Waals surface area contributed by atoms with Crippen LogP contribution in [0.4, 0.5) is 11.4 Å². The van der Waals surface area contributed by atoms with Crippen LogP contribution in [0.25, 0.3) is 0 Å². The second-order valence-corrected chi connectivity index (χ2v) is 8.74. The molecule has 0 radical (unpaired) electrons. The first-order chi connectivity index (χ1) is 16.6. The number of anilines is 2. The highest BCUT2D eigenvalue weighted by Gasteiger charge is 2.16. The topological polar surface area (TPSA) is 56.8 Å². The molecular formula is C28H30ClNO4. The molecule has 1 N–H and O–H groups in total. The molecule has 34 heavy (non-hydrogen) atoms. The minimum atomic E-state index is -0.0840. The molecule has 1 aliphatic heterocycles. The Bertz CT molecular complexity index is 1110. The molecule has 178 valence electrons. The van der Waals surface area contributed by atoms with E-state index in [1.54, 1.807) is 12.1 Å². The van der Waals surface area contributed by atoms with E-state index in [9.17, 15) is 4.79 Å². The molecular weight excluding hydrogens is 450 g/mol. The van der Waals surface area contributed by atoms with E-state index in [0.29, 0.717) is 29.4 Å². The molecule has 0 amide bonds. The second kappa shape index (κ2) is 12.0. The predicted octanol–water partition coefficient (Wildman–Crippen LogP) is 6.94. The van der Waals surface area contributed by atoms with Gasteiger partial charge in [-0.3, -0.25) is 4.79 Å². The molecule has 0 bridgehead atoms. The molecule has 1 saturated heterocycles. The van der Waals surface area contributed by atoms with Crippen molar-refractivity contribution in [2.45, 2.75) is 38.9 Å². The lowest BCUT2D eigenvalue weighted by atomic mass is 9.99. The molecule has 0 aromatic heterocycles. The SMILES string of the molecule is Cc1ccccc1C(=O)c1ccc(Nc2ccccc2OCCCOC2CCCCO2)cc1Cl. The van der Waals surface area contributed by atoms with Crippen molar-refractivity contribution < 1.29 is 19.0 Å². The van der Waals surface area contributed by atoms with Gasteiger partial charge in [0, 0.05) is 29.8 Å². The van der Waals surface area contributed by atoms with Crippen LogP contribution in [0.2, 0.25) is 5.02 Å². The average Bonchev–Trinajstić information content (AvgIpc) is 2.85. The maximum Gasteiger partial charge on any atom is 0.194 e. The van der Waals surface area contributed by atoms with E-state index in [-0.39, 0.29) is 12.1 Å². The summed E-state index contributed by atoms with van der Waals surface area (Å²) in [6.07, 6.45) is 3.93. The third-order valence-electron chi connectivity index (χ3n) is 5.76. The van der Waals surface area contributed by atoms with Gasteiger partial charge < -0.3 is 19.5 Å². The molecule has 0 spiro atoms. The minimum absolute atomic E-state index is 0.0758. The summed E-state index contributed by atoms with van der Waals surface area (Å²) in [6.45, 7) is 3.84. The van der Waals surface area contributed by atoms with Crippen molar-refractivity contribution in [3.63, 3.8) is 0 Å². The van der Waals surface area contributed by atoms with Gasteiger partial charge in [0.1, 0.15) is 5.75 Å². The van der Waals surface area contributed by atoms with E-state index in [0.717, 1.165) is 55.0 Å². The summed E-state index contributed by atoms with van der Waals surface area (Å²) in [4.78, 5) is 12.9. The van der Waals surface area contributed by atoms with Crippen molar-refractivity contribution in [1.82, 2.24) is 0 Å². The Labute approximate surface area is 206 Å². The van der Waals surface area contributed by atoms with Crippen molar-refractivity contribution in [1.29, 1.82) is 0 Å². The molecule has 6 heteroatoms. The third-order valence-corrected chi connectivity index (χ3v) is 6.07. The van der Waals surface area contributed by atoms with E-state index >= 15 is 0 Å². The highest BCUT2D eigenvalue weighted by Crippen LogP contribution is 2.30. The summed E-state index contributed by atoms with van der Waals surface area (Å²) in [7, 11) is 0. The molecule has 5 nitrogen and oxygen atoms in total. The molecule has 1 aliphatic rings. The summed E-state index contributed by atoms with van der Waals surface area (Å²) in [5.74, 6) is 0.659. The molecule has 1 heterocycles. The number of ether oxygens (including phenoxy) is 3. The Morgan fingerprint density at radius 2 is 1.85 bits per heavy atom. The van der Waals surface area contributed by atoms with E-state index in [2.05, 4.69) is 5.32 Å². The molecule has 1 unspecified atom stereocenters. The molecule has 0 aliphatic carbocycles. The first-order valence-corrected chi connectivity index (χ1v) is 12.1. The lowest BCUT2D eigenvalue weighted by molar-refractivity contribution is -0.163. The highest BCUT2D eigenvalue weighted by molar-refractivity contribution is 6.35. The van der Waals surface area contributed by atoms with E-state index in [1.807, 2.05) is 61.5 Å². The zero-order valence-electron chi connectivity index (χ0n) is 19.4. The van der Waals surface area contributed by atoms with Gasteiger partial charge in [0.05, 0.1) is 23.9 Å². The molecule has 1 atom stereocenters. The number of aryl methyl sites for hydroxylation is 1. The summed E-state index contributed by atoms with van der Waals surface area (Å²) in [5.41, 5.74) is 3.66. The predicted molar refractivity (Wildman–Crippen MR) is 135 cm³/mol. The van der Waals surface area contributed by atoms with E-state index in [1.165, 1.54) is 0 Å². The van der Waals surface area contributed by atoms with E-state index < -0.39 is 0 Å². The van der Waals surface area contributed by atoms with Crippen molar-refractivity contribution in [3.8, 4) is 5.75 Å². The number of hydrogen-bond donors (Lipinski definition) is 1. The molecule has 3 aromatic carbocycles. The highest BCUT2D eigenvalue weighted by atomic mass is 35.5.